The monoisotopic (exact) mass is 556 g/mol. The number of benzene rings is 1. The lowest BCUT2D eigenvalue weighted by Crippen LogP contribution is -2.63. The van der Waals surface area contributed by atoms with Gasteiger partial charge in [0.05, 0.1) is 6.61 Å². The molecule has 0 bridgehead atoms. The van der Waals surface area contributed by atoms with Crippen molar-refractivity contribution in [2.24, 2.45) is 0 Å². The Bertz CT molecular complexity index is 1050. The van der Waals surface area contributed by atoms with Crippen LogP contribution in [-0.4, -0.2) is 73.8 Å². The maximum Gasteiger partial charge on any atom is 0.373 e. The normalized spacial score (nSPS) is 23.0. The van der Waals surface area contributed by atoms with Crippen LogP contribution in [0.4, 0.5) is 0 Å². The van der Waals surface area contributed by atoms with Gasteiger partial charge in [0.15, 0.2) is 12.2 Å². The van der Waals surface area contributed by atoms with Gasteiger partial charge in [-0.25, -0.2) is 4.79 Å². The number of carbonyl (C=O) groups is 5. The molecule has 1 heterocycles. The molecular formula is C25H29ClO12. The molecule has 0 amide bonds. The molecule has 208 valence electrons. The van der Waals surface area contributed by atoms with E-state index >= 15 is 0 Å². The maximum absolute atomic E-state index is 12.8. The van der Waals surface area contributed by atoms with Crippen LogP contribution < -0.4 is 0 Å². The summed E-state index contributed by atoms with van der Waals surface area (Å²) >= 11 is 5.93. The second-order valence-electron chi connectivity index (χ2n) is 7.97. The lowest BCUT2D eigenvalue weighted by Gasteiger charge is -2.43. The second-order valence-corrected chi connectivity index (χ2v) is 8.40. The zero-order valence-corrected chi connectivity index (χ0v) is 22.2. The topological polar surface area (TPSA) is 150 Å². The van der Waals surface area contributed by atoms with Crippen molar-refractivity contribution in [2.75, 3.05) is 13.2 Å². The van der Waals surface area contributed by atoms with Crippen LogP contribution in [0, 0.1) is 0 Å². The van der Waals surface area contributed by atoms with Gasteiger partial charge in [-0.2, -0.15) is 0 Å². The van der Waals surface area contributed by atoms with Crippen LogP contribution in [0.5, 0.6) is 0 Å². The Balaban J connectivity index is 2.56. The molecule has 0 radical (unpaired) electrons. The quantitative estimate of drug-likeness (QED) is 0.180. The van der Waals surface area contributed by atoms with Crippen molar-refractivity contribution >= 4 is 47.5 Å². The minimum Gasteiger partial charge on any atom is -0.463 e. The molecule has 38 heavy (non-hydrogen) atoms. The van der Waals surface area contributed by atoms with Gasteiger partial charge in [-0.15, -0.1) is 0 Å². The van der Waals surface area contributed by atoms with Crippen molar-refractivity contribution < 1.29 is 57.1 Å². The Kier molecular flexibility index (Phi) is 11.5. The molecule has 0 spiro atoms. The summed E-state index contributed by atoms with van der Waals surface area (Å²) in [7, 11) is 0. The summed E-state index contributed by atoms with van der Waals surface area (Å²) in [5.41, 5.74) is 0.503. The third-order valence-corrected chi connectivity index (χ3v) is 5.09. The molecular weight excluding hydrogens is 528 g/mol. The Hall–Kier alpha value is -3.64. The Morgan fingerprint density at radius 3 is 1.87 bits per heavy atom. The van der Waals surface area contributed by atoms with Gasteiger partial charge < -0.3 is 33.2 Å². The number of carbonyl (C=O) groups excluding carboxylic acids is 5. The number of esters is 5. The highest BCUT2D eigenvalue weighted by Gasteiger charge is 2.53. The average Bonchev–Trinajstić information content (AvgIpc) is 2.81. The molecule has 12 nitrogen and oxygen atoms in total. The first kappa shape index (κ1) is 30.6. The van der Waals surface area contributed by atoms with Crippen LogP contribution >= 0.6 is 11.6 Å². The van der Waals surface area contributed by atoms with E-state index in [1.807, 2.05) is 0 Å². The molecule has 5 atom stereocenters. The highest BCUT2D eigenvalue weighted by Crippen LogP contribution is 2.31. The van der Waals surface area contributed by atoms with E-state index in [4.69, 9.17) is 44.8 Å². The third-order valence-electron chi connectivity index (χ3n) is 4.84. The fourth-order valence-electron chi connectivity index (χ4n) is 3.46. The van der Waals surface area contributed by atoms with E-state index < -0.39 is 67.2 Å². The summed E-state index contributed by atoms with van der Waals surface area (Å²) < 4.78 is 37.8. The van der Waals surface area contributed by atoms with E-state index in [-0.39, 0.29) is 12.4 Å². The van der Waals surface area contributed by atoms with Gasteiger partial charge in [0, 0.05) is 32.7 Å². The summed E-state index contributed by atoms with van der Waals surface area (Å²) in [4.78, 5) is 60.1. The smallest absolute Gasteiger partial charge is 0.373 e. The van der Waals surface area contributed by atoms with Crippen LogP contribution in [0.3, 0.4) is 0 Å². The number of halogens is 1. The number of hydrogen-bond donors (Lipinski definition) is 0. The van der Waals surface area contributed by atoms with Crippen molar-refractivity contribution in [1.82, 2.24) is 0 Å². The zero-order valence-electron chi connectivity index (χ0n) is 21.5. The van der Waals surface area contributed by atoms with Gasteiger partial charge in [-0.3, -0.25) is 19.2 Å². The van der Waals surface area contributed by atoms with E-state index in [9.17, 15) is 24.0 Å². The SMILES string of the molecule is CCOC(=O)C(=Cc1ccc(Cl)cc1)O[C@H]1O[C@@H](COC(C)=O)[C@@H](OC(C)=O)[C@@H](OC(C)=O)[C@@H]1OC(C)=O. The van der Waals surface area contributed by atoms with Crippen molar-refractivity contribution in [2.45, 2.75) is 65.3 Å². The van der Waals surface area contributed by atoms with Crippen LogP contribution in [0.2, 0.25) is 5.02 Å². The van der Waals surface area contributed by atoms with Crippen LogP contribution in [0.25, 0.3) is 6.08 Å². The molecule has 1 fully saturated rings. The van der Waals surface area contributed by atoms with Crippen LogP contribution in [0.1, 0.15) is 40.2 Å². The molecule has 0 aliphatic carbocycles. The molecule has 1 aromatic rings. The highest BCUT2D eigenvalue weighted by molar-refractivity contribution is 6.30. The molecule has 0 N–H and O–H groups in total. The summed E-state index contributed by atoms with van der Waals surface area (Å²) in [5.74, 6) is -4.30. The summed E-state index contributed by atoms with van der Waals surface area (Å²) in [5, 5.41) is 0.459. The molecule has 13 heteroatoms. The first-order chi connectivity index (χ1) is 17.9. The Labute approximate surface area is 224 Å². The van der Waals surface area contributed by atoms with Crippen LogP contribution in [0.15, 0.2) is 30.0 Å². The molecule has 0 unspecified atom stereocenters. The molecule has 1 aromatic carbocycles. The average molecular weight is 557 g/mol. The van der Waals surface area contributed by atoms with Gasteiger partial charge in [-0.1, -0.05) is 23.7 Å². The fraction of sp³-hybridized carbons (Fsp3) is 0.480. The number of rotatable bonds is 10. The van der Waals surface area contributed by atoms with Crippen molar-refractivity contribution in [3.8, 4) is 0 Å². The first-order valence-corrected chi connectivity index (χ1v) is 11.9. The summed E-state index contributed by atoms with van der Waals surface area (Å²) in [6.07, 6.45) is -5.86. The van der Waals surface area contributed by atoms with Crippen molar-refractivity contribution in [3.05, 3.63) is 40.6 Å². The van der Waals surface area contributed by atoms with E-state index in [0.717, 1.165) is 27.7 Å². The van der Waals surface area contributed by atoms with Gasteiger partial charge >= 0.3 is 29.8 Å². The molecule has 1 aliphatic heterocycles. The van der Waals surface area contributed by atoms with E-state index in [1.165, 1.54) is 6.08 Å². The molecule has 1 saturated heterocycles. The number of ether oxygens (including phenoxy) is 7. The largest absolute Gasteiger partial charge is 0.463 e. The first-order valence-electron chi connectivity index (χ1n) is 11.5. The van der Waals surface area contributed by atoms with E-state index in [2.05, 4.69) is 0 Å². The van der Waals surface area contributed by atoms with Crippen molar-refractivity contribution in [1.29, 1.82) is 0 Å². The Morgan fingerprint density at radius 2 is 1.34 bits per heavy atom. The van der Waals surface area contributed by atoms with Gasteiger partial charge in [0.25, 0.3) is 0 Å². The van der Waals surface area contributed by atoms with E-state index in [1.54, 1.807) is 31.2 Å². The molecule has 2 rings (SSSR count). The van der Waals surface area contributed by atoms with Gasteiger partial charge in [0.2, 0.25) is 18.2 Å². The lowest BCUT2D eigenvalue weighted by atomic mass is 9.98. The maximum atomic E-state index is 12.8. The summed E-state index contributed by atoms with van der Waals surface area (Å²) in [6.45, 7) is 5.58. The van der Waals surface area contributed by atoms with Gasteiger partial charge in [-0.05, 0) is 30.7 Å². The molecule has 0 aromatic heterocycles. The van der Waals surface area contributed by atoms with Gasteiger partial charge in [0.1, 0.15) is 12.7 Å². The summed E-state index contributed by atoms with van der Waals surface area (Å²) in [6, 6.07) is 6.39. The second kappa shape index (κ2) is 14.3. The third kappa shape index (κ3) is 9.34. The predicted molar refractivity (Wildman–Crippen MR) is 129 cm³/mol. The van der Waals surface area contributed by atoms with Crippen molar-refractivity contribution in [3.63, 3.8) is 0 Å². The van der Waals surface area contributed by atoms with Crippen LogP contribution in [-0.2, 0) is 57.1 Å². The fourth-order valence-corrected chi connectivity index (χ4v) is 3.59. The predicted octanol–water partition coefficient (Wildman–Crippen LogP) is 2.34. The standard InChI is InChI=1S/C25H29ClO12/c1-6-32-24(31)19(11-17-7-9-18(26)10-8-17)37-25-23(36-16(5)30)22(35-15(4)29)21(34-14(3)28)20(38-25)12-33-13(2)27/h7-11,20-23,25H,6,12H2,1-5H3/t20-,21+,22+,23-,25-/m0/s1. The number of hydrogen-bond acceptors (Lipinski definition) is 12. The zero-order chi connectivity index (χ0) is 28.4. The van der Waals surface area contributed by atoms with E-state index in [0.29, 0.717) is 10.6 Å². The lowest BCUT2D eigenvalue weighted by molar-refractivity contribution is -0.299. The molecule has 1 aliphatic rings. The molecule has 0 saturated carbocycles. The Morgan fingerprint density at radius 1 is 0.789 bits per heavy atom. The minimum atomic E-state index is -1.60. The minimum absolute atomic E-state index is 0.0126. The highest BCUT2D eigenvalue weighted by atomic mass is 35.5.